The summed E-state index contributed by atoms with van der Waals surface area (Å²) in [7, 11) is 0. The van der Waals surface area contributed by atoms with Crippen LogP contribution in [0.1, 0.15) is 10.5 Å². The second-order valence-corrected chi connectivity index (χ2v) is 3.96. The number of aromatic nitrogens is 3. The standard InChI is InChI=1S/C13H8FN3O2/c14-8-1-2-10-9(5-8)12(3-4-15-10)17-6-11(13(18)19)16-7-17/h1-7H,(H,18,19). The molecule has 0 saturated heterocycles. The maximum atomic E-state index is 13.3. The van der Waals surface area contributed by atoms with Crippen LogP contribution < -0.4 is 0 Å². The number of carboxylic acid groups (broad SMARTS) is 1. The Hall–Kier alpha value is -2.76. The molecule has 1 N–H and O–H groups in total. The molecule has 3 aromatic rings. The highest BCUT2D eigenvalue weighted by atomic mass is 19.1. The first-order valence-corrected chi connectivity index (χ1v) is 5.47. The fourth-order valence-electron chi connectivity index (χ4n) is 1.89. The molecule has 1 aromatic carbocycles. The van der Waals surface area contributed by atoms with E-state index in [9.17, 15) is 9.18 Å². The second kappa shape index (κ2) is 4.16. The minimum absolute atomic E-state index is 0.0682. The van der Waals surface area contributed by atoms with Gasteiger partial charge in [-0.2, -0.15) is 0 Å². The summed E-state index contributed by atoms with van der Waals surface area (Å²) in [5.41, 5.74) is 1.19. The van der Waals surface area contributed by atoms with Crippen LogP contribution in [0, 0.1) is 5.82 Å². The molecule has 0 spiro atoms. The zero-order chi connectivity index (χ0) is 13.4. The van der Waals surface area contributed by atoms with Crippen LogP contribution in [-0.4, -0.2) is 25.6 Å². The topological polar surface area (TPSA) is 68.0 Å². The summed E-state index contributed by atoms with van der Waals surface area (Å²) >= 11 is 0. The van der Waals surface area contributed by atoms with Crippen LogP contribution in [0.2, 0.25) is 0 Å². The van der Waals surface area contributed by atoms with Crippen molar-refractivity contribution in [2.24, 2.45) is 0 Å². The van der Waals surface area contributed by atoms with E-state index in [0.717, 1.165) is 0 Å². The summed E-state index contributed by atoms with van der Waals surface area (Å²) in [6.45, 7) is 0. The van der Waals surface area contributed by atoms with E-state index in [4.69, 9.17) is 5.11 Å². The van der Waals surface area contributed by atoms with E-state index >= 15 is 0 Å². The SMILES string of the molecule is O=C(O)c1cn(-c2ccnc3ccc(F)cc23)cn1. The minimum Gasteiger partial charge on any atom is -0.476 e. The number of hydrogen-bond donors (Lipinski definition) is 1. The molecule has 2 heterocycles. The van der Waals surface area contributed by atoms with Crippen LogP contribution in [0.15, 0.2) is 43.0 Å². The molecule has 0 fully saturated rings. The van der Waals surface area contributed by atoms with Crippen molar-refractivity contribution in [3.05, 3.63) is 54.5 Å². The number of carboxylic acids is 1. The van der Waals surface area contributed by atoms with E-state index in [2.05, 4.69) is 9.97 Å². The average Bonchev–Trinajstić information content (AvgIpc) is 2.87. The highest BCUT2D eigenvalue weighted by molar-refractivity contribution is 5.88. The Balaban J connectivity index is 2.23. The summed E-state index contributed by atoms with van der Waals surface area (Å²) in [4.78, 5) is 18.7. The highest BCUT2D eigenvalue weighted by Gasteiger charge is 2.10. The van der Waals surface area contributed by atoms with E-state index in [1.54, 1.807) is 18.3 Å². The van der Waals surface area contributed by atoms with Crippen LogP contribution >= 0.6 is 0 Å². The average molecular weight is 257 g/mol. The van der Waals surface area contributed by atoms with Gasteiger partial charge in [0, 0.05) is 17.8 Å². The third kappa shape index (κ3) is 1.93. The number of hydrogen-bond acceptors (Lipinski definition) is 3. The molecule has 0 aliphatic heterocycles. The molecule has 0 aliphatic carbocycles. The summed E-state index contributed by atoms with van der Waals surface area (Å²) in [6.07, 6.45) is 4.33. The number of imidazole rings is 1. The number of carbonyl (C=O) groups is 1. The first-order valence-electron chi connectivity index (χ1n) is 5.47. The quantitative estimate of drug-likeness (QED) is 0.764. The van der Waals surface area contributed by atoms with Crippen molar-refractivity contribution in [2.45, 2.75) is 0 Å². The number of fused-ring (bicyclic) bond motifs is 1. The number of aromatic carboxylic acids is 1. The van der Waals surface area contributed by atoms with Gasteiger partial charge in [-0.25, -0.2) is 14.2 Å². The van der Waals surface area contributed by atoms with Gasteiger partial charge in [0.05, 0.1) is 11.2 Å². The highest BCUT2D eigenvalue weighted by Crippen LogP contribution is 2.21. The fourth-order valence-corrected chi connectivity index (χ4v) is 1.89. The van der Waals surface area contributed by atoms with Gasteiger partial charge in [-0.3, -0.25) is 4.98 Å². The summed E-state index contributed by atoms with van der Waals surface area (Å²) < 4.78 is 14.9. The lowest BCUT2D eigenvalue weighted by atomic mass is 10.2. The van der Waals surface area contributed by atoms with Crippen molar-refractivity contribution in [3.8, 4) is 5.69 Å². The van der Waals surface area contributed by atoms with Crippen molar-refractivity contribution in [1.29, 1.82) is 0 Å². The number of nitrogens with zero attached hydrogens (tertiary/aromatic N) is 3. The maximum Gasteiger partial charge on any atom is 0.356 e. The van der Waals surface area contributed by atoms with Crippen LogP contribution in [0.5, 0.6) is 0 Å². The number of benzene rings is 1. The van der Waals surface area contributed by atoms with Crippen molar-refractivity contribution in [1.82, 2.24) is 14.5 Å². The Morgan fingerprint density at radius 2 is 2.11 bits per heavy atom. The zero-order valence-electron chi connectivity index (χ0n) is 9.62. The molecular weight excluding hydrogens is 249 g/mol. The lowest BCUT2D eigenvalue weighted by Gasteiger charge is -2.06. The molecule has 6 heteroatoms. The van der Waals surface area contributed by atoms with E-state index < -0.39 is 5.97 Å². The Morgan fingerprint density at radius 3 is 2.84 bits per heavy atom. The lowest BCUT2D eigenvalue weighted by molar-refractivity contribution is 0.0691. The zero-order valence-corrected chi connectivity index (χ0v) is 9.62. The molecule has 0 radical (unpaired) electrons. The molecule has 0 unspecified atom stereocenters. The van der Waals surface area contributed by atoms with Gasteiger partial charge in [0.25, 0.3) is 0 Å². The van der Waals surface area contributed by atoms with E-state index in [-0.39, 0.29) is 11.5 Å². The van der Waals surface area contributed by atoms with Gasteiger partial charge in [-0.05, 0) is 24.3 Å². The normalized spacial score (nSPS) is 10.8. The van der Waals surface area contributed by atoms with Crippen LogP contribution in [-0.2, 0) is 0 Å². The van der Waals surface area contributed by atoms with Crippen molar-refractivity contribution in [3.63, 3.8) is 0 Å². The first-order chi connectivity index (χ1) is 9.15. The van der Waals surface area contributed by atoms with Gasteiger partial charge in [-0.15, -0.1) is 0 Å². The largest absolute Gasteiger partial charge is 0.476 e. The molecule has 0 saturated carbocycles. The summed E-state index contributed by atoms with van der Waals surface area (Å²) in [5, 5.41) is 9.45. The van der Waals surface area contributed by atoms with Crippen LogP contribution in [0.4, 0.5) is 4.39 Å². The lowest BCUT2D eigenvalue weighted by Crippen LogP contribution is -1.96. The van der Waals surface area contributed by atoms with E-state index in [1.807, 2.05) is 0 Å². The minimum atomic E-state index is -1.11. The molecule has 0 bridgehead atoms. The Labute approximate surface area is 107 Å². The third-order valence-corrected chi connectivity index (χ3v) is 2.76. The van der Waals surface area contributed by atoms with E-state index in [1.165, 1.54) is 29.2 Å². The van der Waals surface area contributed by atoms with Gasteiger partial charge in [0.1, 0.15) is 12.1 Å². The van der Waals surface area contributed by atoms with Gasteiger partial charge in [-0.1, -0.05) is 0 Å². The van der Waals surface area contributed by atoms with Gasteiger partial charge >= 0.3 is 5.97 Å². The first kappa shape index (κ1) is 11.3. The number of pyridine rings is 1. The van der Waals surface area contributed by atoms with E-state index in [0.29, 0.717) is 16.6 Å². The maximum absolute atomic E-state index is 13.3. The molecule has 0 atom stereocenters. The monoisotopic (exact) mass is 257 g/mol. The third-order valence-electron chi connectivity index (χ3n) is 2.76. The molecule has 5 nitrogen and oxygen atoms in total. The molecule has 3 rings (SSSR count). The Morgan fingerprint density at radius 1 is 1.26 bits per heavy atom. The Kier molecular flexibility index (Phi) is 2.49. The molecular formula is C13H8FN3O2. The van der Waals surface area contributed by atoms with Crippen LogP contribution in [0.25, 0.3) is 16.6 Å². The molecule has 2 aromatic heterocycles. The van der Waals surface area contributed by atoms with Gasteiger partial charge in [0.15, 0.2) is 5.69 Å². The van der Waals surface area contributed by atoms with Crippen molar-refractivity contribution < 1.29 is 14.3 Å². The molecule has 94 valence electrons. The Bertz CT molecular complexity index is 782. The van der Waals surface area contributed by atoms with Crippen LogP contribution in [0.3, 0.4) is 0 Å². The molecule has 19 heavy (non-hydrogen) atoms. The van der Waals surface area contributed by atoms with Gasteiger partial charge < -0.3 is 9.67 Å². The number of halogens is 1. The molecule has 0 aliphatic rings. The number of rotatable bonds is 2. The fraction of sp³-hybridized carbons (Fsp3) is 0. The molecule has 0 amide bonds. The second-order valence-electron chi connectivity index (χ2n) is 3.96. The smallest absolute Gasteiger partial charge is 0.356 e. The van der Waals surface area contributed by atoms with Gasteiger partial charge in [0.2, 0.25) is 0 Å². The summed E-state index contributed by atoms with van der Waals surface area (Å²) in [5.74, 6) is -1.48. The summed E-state index contributed by atoms with van der Waals surface area (Å²) in [6, 6.07) is 5.94. The predicted molar refractivity (Wildman–Crippen MR) is 65.8 cm³/mol. The van der Waals surface area contributed by atoms with Crippen molar-refractivity contribution >= 4 is 16.9 Å². The predicted octanol–water partition coefficient (Wildman–Crippen LogP) is 2.26. The van der Waals surface area contributed by atoms with Crippen molar-refractivity contribution in [2.75, 3.05) is 0 Å².